The highest BCUT2D eigenvalue weighted by Gasteiger charge is 2.36. The van der Waals surface area contributed by atoms with E-state index in [4.69, 9.17) is 10.00 Å². The molecule has 0 N–H and O–H groups in total. The van der Waals surface area contributed by atoms with Crippen LogP contribution >= 0.6 is 11.8 Å². The minimum atomic E-state index is -0.332. The predicted octanol–water partition coefficient (Wildman–Crippen LogP) is 3.83. The van der Waals surface area contributed by atoms with Crippen LogP contribution in [-0.2, 0) is 4.79 Å². The van der Waals surface area contributed by atoms with Crippen LogP contribution in [0.3, 0.4) is 0 Å². The Bertz CT molecular complexity index is 839. The molecule has 1 saturated heterocycles. The van der Waals surface area contributed by atoms with Gasteiger partial charge in [-0.15, -0.1) is 0 Å². The van der Waals surface area contributed by atoms with Crippen LogP contribution in [0.25, 0.3) is 6.08 Å². The van der Waals surface area contributed by atoms with E-state index in [-0.39, 0.29) is 17.8 Å². The van der Waals surface area contributed by atoms with Gasteiger partial charge in [0.2, 0.25) is 0 Å². The Kier molecular flexibility index (Phi) is 4.64. The molecule has 1 heterocycles. The van der Waals surface area contributed by atoms with Gasteiger partial charge in [-0.1, -0.05) is 30.3 Å². The molecule has 0 radical (unpaired) electrons. The van der Waals surface area contributed by atoms with Crippen molar-refractivity contribution in [2.45, 2.75) is 0 Å². The number of nitrogens with zero attached hydrogens (tertiary/aromatic N) is 2. The van der Waals surface area contributed by atoms with Crippen molar-refractivity contribution < 1.29 is 14.3 Å². The van der Waals surface area contributed by atoms with Crippen LogP contribution in [0.4, 0.5) is 10.5 Å². The third kappa shape index (κ3) is 3.31. The number of rotatable bonds is 4. The van der Waals surface area contributed by atoms with Gasteiger partial charge in [-0.3, -0.25) is 9.59 Å². The van der Waals surface area contributed by atoms with Crippen LogP contribution in [-0.4, -0.2) is 17.8 Å². The summed E-state index contributed by atoms with van der Waals surface area (Å²) in [6.07, 6.45) is 1.67. The quantitative estimate of drug-likeness (QED) is 0.794. The van der Waals surface area contributed by atoms with Gasteiger partial charge in [-0.05, 0) is 47.7 Å². The van der Waals surface area contributed by atoms with E-state index >= 15 is 0 Å². The first-order valence-electron chi connectivity index (χ1n) is 7.12. The van der Waals surface area contributed by atoms with E-state index in [1.54, 1.807) is 54.6 Å². The number of carbonyl (C=O) groups excluding carboxylic acids is 2. The summed E-state index contributed by atoms with van der Waals surface area (Å²) >= 11 is 0.914. The molecule has 1 aliphatic rings. The van der Waals surface area contributed by atoms with Gasteiger partial charge in [0.25, 0.3) is 11.1 Å². The maximum atomic E-state index is 12.5. The maximum Gasteiger partial charge on any atom is 0.298 e. The van der Waals surface area contributed by atoms with Crippen molar-refractivity contribution in [3.8, 4) is 11.8 Å². The smallest absolute Gasteiger partial charge is 0.298 e. The monoisotopic (exact) mass is 336 g/mol. The van der Waals surface area contributed by atoms with Crippen LogP contribution in [0, 0.1) is 11.3 Å². The number of imide groups is 1. The third-order valence-electron chi connectivity index (χ3n) is 3.29. The summed E-state index contributed by atoms with van der Waals surface area (Å²) in [4.78, 5) is 26.2. The van der Waals surface area contributed by atoms with E-state index in [2.05, 4.69) is 0 Å². The van der Waals surface area contributed by atoms with Gasteiger partial charge >= 0.3 is 0 Å². The molecular weight excluding hydrogens is 324 g/mol. The second-order valence-corrected chi connectivity index (χ2v) is 5.86. The van der Waals surface area contributed by atoms with Gasteiger partial charge in [-0.25, -0.2) is 4.90 Å². The fourth-order valence-electron chi connectivity index (χ4n) is 2.19. The Morgan fingerprint density at radius 1 is 1.08 bits per heavy atom. The zero-order chi connectivity index (χ0) is 16.9. The average molecular weight is 336 g/mol. The van der Waals surface area contributed by atoms with Gasteiger partial charge in [0, 0.05) is 0 Å². The molecule has 2 aromatic carbocycles. The van der Waals surface area contributed by atoms with Gasteiger partial charge < -0.3 is 4.74 Å². The van der Waals surface area contributed by atoms with Crippen molar-refractivity contribution in [1.82, 2.24) is 0 Å². The summed E-state index contributed by atoms with van der Waals surface area (Å²) in [5.74, 6) is 0.243. The highest BCUT2D eigenvalue weighted by Crippen LogP contribution is 2.35. The van der Waals surface area contributed by atoms with E-state index in [1.165, 1.54) is 4.90 Å². The molecule has 5 nitrogen and oxygen atoms in total. The molecule has 0 spiro atoms. The fourth-order valence-corrected chi connectivity index (χ4v) is 3.04. The fraction of sp³-hybridized carbons (Fsp3) is 0.0556. The Balaban J connectivity index is 1.80. The van der Waals surface area contributed by atoms with Gasteiger partial charge in [-0.2, -0.15) is 5.26 Å². The molecule has 2 aromatic rings. The number of hydrogen-bond donors (Lipinski definition) is 0. The lowest BCUT2D eigenvalue weighted by molar-refractivity contribution is -0.113. The molecule has 0 atom stereocenters. The Morgan fingerprint density at radius 2 is 1.79 bits per heavy atom. The Labute approximate surface area is 143 Å². The molecule has 0 saturated carbocycles. The molecule has 0 aromatic heterocycles. The molecule has 118 valence electrons. The molecule has 24 heavy (non-hydrogen) atoms. The summed E-state index contributed by atoms with van der Waals surface area (Å²) in [6.45, 7) is -0.0185. The summed E-state index contributed by atoms with van der Waals surface area (Å²) in [7, 11) is 0. The van der Waals surface area contributed by atoms with Crippen molar-refractivity contribution >= 4 is 34.7 Å². The molecule has 1 aliphatic heterocycles. The molecule has 0 unspecified atom stereocenters. The normalized spacial score (nSPS) is 15.6. The summed E-state index contributed by atoms with van der Waals surface area (Å²) in [5, 5.41) is 8.17. The molecule has 0 aliphatic carbocycles. The number of thioether (sulfide) groups is 1. The third-order valence-corrected chi connectivity index (χ3v) is 4.16. The minimum absolute atomic E-state index is 0.0185. The van der Waals surface area contributed by atoms with E-state index < -0.39 is 0 Å². The van der Waals surface area contributed by atoms with Crippen molar-refractivity contribution in [3.05, 3.63) is 65.1 Å². The van der Waals surface area contributed by atoms with Crippen LogP contribution in [0.15, 0.2) is 59.5 Å². The maximum absolute atomic E-state index is 12.5. The number of ether oxygens (including phenoxy) is 1. The van der Waals surface area contributed by atoms with Crippen LogP contribution in [0.5, 0.6) is 5.75 Å². The zero-order valence-electron chi connectivity index (χ0n) is 12.5. The second kappa shape index (κ2) is 7.02. The lowest BCUT2D eigenvalue weighted by Gasteiger charge is -2.11. The second-order valence-electron chi connectivity index (χ2n) is 4.87. The number of para-hydroxylation sites is 1. The first-order valence-corrected chi connectivity index (χ1v) is 7.93. The van der Waals surface area contributed by atoms with Gasteiger partial charge in [0.1, 0.15) is 11.8 Å². The highest BCUT2D eigenvalue weighted by atomic mass is 32.2. The predicted molar refractivity (Wildman–Crippen MR) is 92.4 cm³/mol. The lowest BCUT2D eigenvalue weighted by Crippen LogP contribution is -2.27. The molecule has 1 fully saturated rings. The summed E-state index contributed by atoms with van der Waals surface area (Å²) in [5.41, 5.74) is 1.33. The Hall–Kier alpha value is -3.04. The van der Waals surface area contributed by atoms with Crippen LogP contribution in [0.2, 0.25) is 0 Å². The summed E-state index contributed by atoms with van der Waals surface area (Å²) in [6, 6.07) is 17.7. The molecular formula is C18H12N2O3S. The number of hydrogen-bond acceptors (Lipinski definition) is 5. The first-order chi connectivity index (χ1) is 11.7. The van der Waals surface area contributed by atoms with Crippen molar-refractivity contribution in [2.24, 2.45) is 0 Å². The topological polar surface area (TPSA) is 70.4 Å². The molecule has 0 bridgehead atoms. The van der Waals surface area contributed by atoms with E-state index in [1.807, 2.05) is 12.1 Å². The SMILES string of the molecule is N#CCOc1ccc(/C=C2\SC(=O)N(c3ccccc3)C2=O)cc1. The minimum Gasteiger partial charge on any atom is -0.479 e. The van der Waals surface area contributed by atoms with Gasteiger partial charge in [0.05, 0.1) is 10.6 Å². The molecule has 3 rings (SSSR count). The highest BCUT2D eigenvalue weighted by molar-refractivity contribution is 8.19. The standard InChI is InChI=1S/C18H12N2O3S/c19-10-11-23-15-8-6-13(7-9-15)12-16-17(21)20(18(22)24-16)14-4-2-1-3-5-14/h1-9,12H,11H2/b16-12-. The first kappa shape index (κ1) is 15.8. The lowest BCUT2D eigenvalue weighted by atomic mass is 10.2. The number of amides is 2. The van der Waals surface area contributed by atoms with Crippen molar-refractivity contribution in [3.63, 3.8) is 0 Å². The molecule has 6 heteroatoms. The number of anilines is 1. The van der Waals surface area contributed by atoms with E-state index in [0.29, 0.717) is 16.3 Å². The van der Waals surface area contributed by atoms with Crippen molar-refractivity contribution in [1.29, 1.82) is 5.26 Å². The van der Waals surface area contributed by atoms with E-state index in [9.17, 15) is 9.59 Å². The van der Waals surface area contributed by atoms with Gasteiger partial charge in [0.15, 0.2) is 6.61 Å². The number of nitriles is 1. The van der Waals surface area contributed by atoms with Crippen molar-refractivity contribution in [2.75, 3.05) is 11.5 Å². The number of benzene rings is 2. The number of carbonyl (C=O) groups is 2. The van der Waals surface area contributed by atoms with Crippen LogP contribution in [0.1, 0.15) is 5.56 Å². The zero-order valence-corrected chi connectivity index (χ0v) is 13.3. The largest absolute Gasteiger partial charge is 0.479 e. The van der Waals surface area contributed by atoms with Crippen LogP contribution < -0.4 is 9.64 Å². The summed E-state index contributed by atoms with van der Waals surface area (Å²) < 4.78 is 5.18. The average Bonchev–Trinajstić information content (AvgIpc) is 2.88. The Morgan fingerprint density at radius 3 is 2.46 bits per heavy atom. The van der Waals surface area contributed by atoms with E-state index in [0.717, 1.165) is 17.3 Å². The molecule has 2 amide bonds.